The minimum absolute atomic E-state index is 0.585. The highest BCUT2D eigenvalue weighted by Crippen LogP contribution is 2.03. The van der Waals surface area contributed by atoms with Gasteiger partial charge in [-0.25, -0.2) is 4.98 Å². The molecule has 0 aliphatic rings. The number of hydrogen-bond donors (Lipinski definition) is 2. The molecule has 0 radical (unpaired) electrons. The molecule has 56 valence electrons. The number of aromatic nitrogens is 2. The van der Waals surface area contributed by atoms with Gasteiger partial charge in [0.2, 0.25) is 0 Å². The van der Waals surface area contributed by atoms with Crippen LogP contribution in [-0.4, -0.2) is 17.1 Å². The number of H-pyrrole nitrogens is 1. The van der Waals surface area contributed by atoms with Crippen molar-refractivity contribution in [1.29, 1.82) is 0 Å². The molecule has 0 unspecified atom stereocenters. The van der Waals surface area contributed by atoms with Crippen LogP contribution in [0.5, 0.6) is 0 Å². The molecule has 0 saturated heterocycles. The number of hydroxylamine groups is 1. The van der Waals surface area contributed by atoms with Gasteiger partial charge in [0.25, 0.3) is 0 Å². The fraction of sp³-hybridized carbons (Fsp3) is 0.400. The minimum Gasteiger partial charge on any atom is -0.336 e. The van der Waals surface area contributed by atoms with Gasteiger partial charge in [0.05, 0.1) is 19.9 Å². The third-order valence-corrected chi connectivity index (χ3v) is 1.38. The van der Waals surface area contributed by atoms with Gasteiger partial charge in [-0.15, -0.1) is 0 Å². The predicted molar refractivity (Wildman–Crippen MR) is 40.1 cm³/mol. The molecule has 1 heterocycles. The van der Waals surface area contributed by atoms with Crippen molar-refractivity contribution in [2.45, 2.75) is 6.54 Å². The molecule has 1 aromatic rings. The van der Waals surface area contributed by atoms with Crippen molar-refractivity contribution in [3.63, 3.8) is 0 Å². The standard InChI is InChI=1S/C5H8BrN3O/c1-10-8-3-5-7-2-4(6)9-5/h2,8H,3H2,1H3,(H,7,9). The number of hydrogen-bond acceptors (Lipinski definition) is 3. The average molecular weight is 206 g/mol. The molecule has 10 heavy (non-hydrogen) atoms. The second kappa shape index (κ2) is 3.70. The van der Waals surface area contributed by atoms with E-state index in [0.29, 0.717) is 6.54 Å². The topological polar surface area (TPSA) is 49.9 Å². The highest BCUT2D eigenvalue weighted by molar-refractivity contribution is 9.10. The fourth-order valence-corrected chi connectivity index (χ4v) is 0.899. The Kier molecular flexibility index (Phi) is 2.85. The van der Waals surface area contributed by atoms with Crippen LogP contribution in [0.25, 0.3) is 0 Å². The molecule has 0 fully saturated rings. The van der Waals surface area contributed by atoms with Crippen LogP contribution in [0.2, 0.25) is 0 Å². The summed E-state index contributed by atoms with van der Waals surface area (Å²) in [6.07, 6.45) is 1.70. The Hall–Kier alpha value is -0.390. The van der Waals surface area contributed by atoms with Crippen LogP contribution in [-0.2, 0) is 11.4 Å². The summed E-state index contributed by atoms with van der Waals surface area (Å²) in [6.45, 7) is 0.585. The number of halogens is 1. The summed E-state index contributed by atoms with van der Waals surface area (Å²) in [5, 5.41) is 0. The summed E-state index contributed by atoms with van der Waals surface area (Å²) in [5.74, 6) is 0.841. The first-order chi connectivity index (χ1) is 4.83. The van der Waals surface area contributed by atoms with Crippen molar-refractivity contribution in [2.75, 3.05) is 7.11 Å². The lowest BCUT2D eigenvalue weighted by Crippen LogP contribution is -2.11. The molecule has 1 aromatic heterocycles. The van der Waals surface area contributed by atoms with Crippen LogP contribution in [0, 0.1) is 0 Å². The molecular weight excluding hydrogens is 198 g/mol. The lowest BCUT2D eigenvalue weighted by atomic mass is 10.6. The number of nitrogens with one attached hydrogen (secondary N) is 2. The maximum absolute atomic E-state index is 4.63. The second-order valence-electron chi connectivity index (χ2n) is 1.70. The van der Waals surface area contributed by atoms with Crippen molar-refractivity contribution >= 4 is 15.9 Å². The molecule has 0 bridgehead atoms. The van der Waals surface area contributed by atoms with E-state index >= 15 is 0 Å². The number of aromatic amines is 1. The Labute approximate surface area is 67.1 Å². The molecule has 0 aliphatic carbocycles. The summed E-state index contributed by atoms with van der Waals surface area (Å²) >= 11 is 3.24. The first-order valence-electron chi connectivity index (χ1n) is 2.78. The van der Waals surface area contributed by atoms with Crippen molar-refractivity contribution in [3.05, 3.63) is 16.6 Å². The molecule has 0 saturated carbocycles. The van der Waals surface area contributed by atoms with Gasteiger partial charge in [-0.2, -0.15) is 5.48 Å². The third-order valence-electron chi connectivity index (χ3n) is 0.981. The lowest BCUT2D eigenvalue weighted by molar-refractivity contribution is 0.0850. The molecule has 5 heteroatoms. The lowest BCUT2D eigenvalue weighted by Gasteiger charge is -1.95. The monoisotopic (exact) mass is 205 g/mol. The summed E-state index contributed by atoms with van der Waals surface area (Å²) in [4.78, 5) is 11.6. The van der Waals surface area contributed by atoms with E-state index in [0.717, 1.165) is 10.4 Å². The highest BCUT2D eigenvalue weighted by atomic mass is 79.9. The van der Waals surface area contributed by atoms with Gasteiger partial charge in [-0.05, 0) is 15.9 Å². The van der Waals surface area contributed by atoms with E-state index in [-0.39, 0.29) is 0 Å². The first-order valence-corrected chi connectivity index (χ1v) is 3.57. The average Bonchev–Trinajstić information content (AvgIpc) is 2.31. The van der Waals surface area contributed by atoms with Crippen molar-refractivity contribution in [1.82, 2.24) is 15.4 Å². The van der Waals surface area contributed by atoms with Crippen LogP contribution in [0.3, 0.4) is 0 Å². The van der Waals surface area contributed by atoms with Crippen LogP contribution >= 0.6 is 15.9 Å². The number of rotatable bonds is 3. The molecule has 0 atom stereocenters. The van der Waals surface area contributed by atoms with E-state index in [4.69, 9.17) is 0 Å². The van der Waals surface area contributed by atoms with Gasteiger partial charge in [0.15, 0.2) is 0 Å². The maximum Gasteiger partial charge on any atom is 0.123 e. The molecule has 0 amide bonds. The smallest absolute Gasteiger partial charge is 0.123 e. The summed E-state index contributed by atoms with van der Waals surface area (Å²) < 4.78 is 0.875. The number of nitrogens with zero attached hydrogens (tertiary/aromatic N) is 1. The zero-order chi connectivity index (χ0) is 7.40. The van der Waals surface area contributed by atoms with Crippen molar-refractivity contribution in [3.8, 4) is 0 Å². The van der Waals surface area contributed by atoms with Crippen LogP contribution < -0.4 is 5.48 Å². The molecule has 2 N–H and O–H groups in total. The predicted octanol–water partition coefficient (Wildman–Crippen LogP) is 0.823. The van der Waals surface area contributed by atoms with Gasteiger partial charge < -0.3 is 9.82 Å². The van der Waals surface area contributed by atoms with E-state index in [9.17, 15) is 0 Å². The van der Waals surface area contributed by atoms with E-state index in [1.54, 1.807) is 13.3 Å². The van der Waals surface area contributed by atoms with E-state index < -0.39 is 0 Å². The zero-order valence-corrected chi connectivity index (χ0v) is 7.10. The normalized spacial score (nSPS) is 10.2. The third kappa shape index (κ3) is 2.09. The Bertz CT molecular complexity index is 201. The van der Waals surface area contributed by atoms with Crippen LogP contribution in [0.1, 0.15) is 5.82 Å². The number of imidazole rings is 1. The van der Waals surface area contributed by atoms with Crippen molar-refractivity contribution < 1.29 is 4.84 Å². The van der Waals surface area contributed by atoms with Gasteiger partial charge >= 0.3 is 0 Å². The first kappa shape index (κ1) is 7.71. The van der Waals surface area contributed by atoms with Crippen LogP contribution in [0.4, 0.5) is 0 Å². The SMILES string of the molecule is CONCc1ncc(Br)[nH]1. The molecular formula is C5H8BrN3O. The van der Waals surface area contributed by atoms with Gasteiger partial charge in [0, 0.05) is 0 Å². The minimum atomic E-state index is 0.585. The largest absolute Gasteiger partial charge is 0.336 e. The molecule has 4 nitrogen and oxygen atoms in total. The zero-order valence-electron chi connectivity index (χ0n) is 5.52. The quantitative estimate of drug-likeness (QED) is 0.720. The van der Waals surface area contributed by atoms with E-state index in [1.807, 2.05) is 0 Å². The highest BCUT2D eigenvalue weighted by Gasteiger charge is 1.94. The fourth-order valence-electron chi connectivity index (χ4n) is 0.567. The Morgan fingerprint density at radius 1 is 1.90 bits per heavy atom. The van der Waals surface area contributed by atoms with Gasteiger partial charge in [-0.3, -0.25) is 0 Å². The Balaban J connectivity index is 2.42. The van der Waals surface area contributed by atoms with Gasteiger partial charge in [-0.1, -0.05) is 0 Å². The summed E-state index contributed by atoms with van der Waals surface area (Å²) in [7, 11) is 1.57. The van der Waals surface area contributed by atoms with E-state index in [2.05, 4.69) is 36.2 Å². The molecule has 0 spiro atoms. The Morgan fingerprint density at radius 2 is 2.70 bits per heavy atom. The Morgan fingerprint density at radius 3 is 3.20 bits per heavy atom. The molecule has 0 aromatic carbocycles. The van der Waals surface area contributed by atoms with Crippen LogP contribution in [0.15, 0.2) is 10.8 Å². The van der Waals surface area contributed by atoms with E-state index in [1.165, 1.54) is 0 Å². The summed E-state index contributed by atoms with van der Waals surface area (Å²) in [6, 6.07) is 0. The van der Waals surface area contributed by atoms with Crippen molar-refractivity contribution in [2.24, 2.45) is 0 Å². The summed E-state index contributed by atoms with van der Waals surface area (Å²) in [5.41, 5.74) is 2.66. The van der Waals surface area contributed by atoms with Gasteiger partial charge in [0.1, 0.15) is 10.4 Å². The molecule has 1 rings (SSSR count). The molecule has 0 aliphatic heterocycles. The maximum atomic E-state index is 4.63. The second-order valence-corrected chi connectivity index (χ2v) is 2.56.